The highest BCUT2D eigenvalue weighted by Crippen LogP contribution is 2.26. The highest BCUT2D eigenvalue weighted by Gasteiger charge is 2.27. The van der Waals surface area contributed by atoms with Crippen molar-refractivity contribution >= 4 is 17.8 Å². The van der Waals surface area contributed by atoms with Crippen LogP contribution in [0.15, 0.2) is 30.5 Å². The van der Waals surface area contributed by atoms with E-state index in [0.29, 0.717) is 36.1 Å². The van der Waals surface area contributed by atoms with E-state index in [1.54, 1.807) is 6.20 Å². The summed E-state index contributed by atoms with van der Waals surface area (Å²) in [5.74, 6) is -0.241. The summed E-state index contributed by atoms with van der Waals surface area (Å²) in [6.07, 6.45) is 9.69. The molecule has 1 aromatic heterocycles. The van der Waals surface area contributed by atoms with E-state index < -0.39 is 5.97 Å². The summed E-state index contributed by atoms with van der Waals surface area (Å²) in [7, 11) is 0. The van der Waals surface area contributed by atoms with Crippen molar-refractivity contribution in [3.8, 4) is 0 Å². The molecular formula is C26H34N4O3. The molecule has 0 spiro atoms. The fourth-order valence-corrected chi connectivity index (χ4v) is 5.07. The van der Waals surface area contributed by atoms with Gasteiger partial charge in [-0.3, -0.25) is 9.59 Å². The van der Waals surface area contributed by atoms with Crippen LogP contribution in [0.2, 0.25) is 0 Å². The fraction of sp³-hybridized carbons (Fsp3) is 0.538. The van der Waals surface area contributed by atoms with Crippen LogP contribution in [0.5, 0.6) is 0 Å². The van der Waals surface area contributed by atoms with Gasteiger partial charge in [0.2, 0.25) is 5.95 Å². The van der Waals surface area contributed by atoms with Crippen molar-refractivity contribution in [3.05, 3.63) is 52.8 Å². The third-order valence-corrected chi connectivity index (χ3v) is 6.80. The average molecular weight is 451 g/mol. The Labute approximate surface area is 195 Å². The zero-order chi connectivity index (χ0) is 23.2. The molecule has 0 bridgehead atoms. The van der Waals surface area contributed by atoms with Crippen molar-refractivity contribution in [3.63, 3.8) is 0 Å². The Hall–Kier alpha value is -2.96. The molecule has 1 aromatic carbocycles. The first-order valence-corrected chi connectivity index (χ1v) is 12.2. The molecule has 0 unspecified atom stereocenters. The molecule has 1 aliphatic heterocycles. The molecule has 1 N–H and O–H groups in total. The summed E-state index contributed by atoms with van der Waals surface area (Å²) >= 11 is 0. The largest absolute Gasteiger partial charge is 0.480 e. The second-order valence-electron chi connectivity index (χ2n) is 9.30. The predicted molar refractivity (Wildman–Crippen MR) is 127 cm³/mol. The third-order valence-electron chi connectivity index (χ3n) is 6.80. The first-order chi connectivity index (χ1) is 16.0. The summed E-state index contributed by atoms with van der Waals surface area (Å²) < 4.78 is 0. The highest BCUT2D eigenvalue weighted by atomic mass is 16.4. The van der Waals surface area contributed by atoms with Gasteiger partial charge in [0, 0.05) is 25.8 Å². The Morgan fingerprint density at radius 3 is 2.64 bits per heavy atom. The lowest BCUT2D eigenvalue weighted by atomic mass is 9.89. The number of aromatic nitrogens is 2. The maximum absolute atomic E-state index is 13.5. The Morgan fingerprint density at radius 1 is 1.15 bits per heavy atom. The van der Waals surface area contributed by atoms with Gasteiger partial charge in [-0.15, -0.1) is 0 Å². The van der Waals surface area contributed by atoms with Gasteiger partial charge in [0.1, 0.15) is 6.54 Å². The normalized spacial score (nSPS) is 16.3. The van der Waals surface area contributed by atoms with E-state index in [1.807, 2.05) is 0 Å². The number of carboxylic acids is 1. The number of aryl methyl sites for hydroxylation is 1. The molecule has 1 fully saturated rings. The summed E-state index contributed by atoms with van der Waals surface area (Å²) in [4.78, 5) is 38.0. The molecular weight excluding hydrogens is 416 g/mol. The molecule has 0 radical (unpaired) electrons. The summed E-state index contributed by atoms with van der Waals surface area (Å²) in [6, 6.07) is 8.43. The van der Waals surface area contributed by atoms with Crippen molar-refractivity contribution in [2.75, 3.05) is 24.5 Å². The molecule has 1 aliphatic carbocycles. The average Bonchev–Trinajstić information content (AvgIpc) is 2.83. The van der Waals surface area contributed by atoms with Gasteiger partial charge in [-0.2, -0.15) is 0 Å². The molecule has 0 atom stereocenters. The molecule has 0 saturated heterocycles. The quantitative estimate of drug-likeness (QED) is 0.652. The summed E-state index contributed by atoms with van der Waals surface area (Å²) in [6.45, 7) is 3.85. The minimum atomic E-state index is -0.985. The second-order valence-corrected chi connectivity index (χ2v) is 9.30. The Bertz CT molecular complexity index is 987. The van der Waals surface area contributed by atoms with Crippen molar-refractivity contribution in [1.29, 1.82) is 0 Å². The molecule has 2 aromatic rings. The Morgan fingerprint density at radius 2 is 1.91 bits per heavy atom. The maximum Gasteiger partial charge on any atom is 0.323 e. The number of hydrogen-bond donors (Lipinski definition) is 1. The number of amides is 1. The topological polar surface area (TPSA) is 86.6 Å². The van der Waals surface area contributed by atoms with Crippen LogP contribution in [0.3, 0.4) is 0 Å². The molecule has 7 heteroatoms. The number of carboxylic acid groups (broad SMARTS) is 1. The van der Waals surface area contributed by atoms with E-state index >= 15 is 0 Å². The third kappa shape index (κ3) is 5.70. The van der Waals surface area contributed by atoms with Crippen LogP contribution in [0.4, 0.5) is 5.95 Å². The van der Waals surface area contributed by atoms with Crippen LogP contribution in [0, 0.1) is 5.92 Å². The fourth-order valence-electron chi connectivity index (χ4n) is 5.07. The van der Waals surface area contributed by atoms with Crippen molar-refractivity contribution in [1.82, 2.24) is 14.9 Å². The lowest BCUT2D eigenvalue weighted by Gasteiger charge is -2.30. The highest BCUT2D eigenvalue weighted by molar-refractivity contribution is 5.96. The first-order valence-electron chi connectivity index (χ1n) is 12.2. The van der Waals surface area contributed by atoms with E-state index in [0.717, 1.165) is 51.6 Å². The van der Waals surface area contributed by atoms with Crippen LogP contribution in [-0.4, -0.2) is 51.5 Å². The number of rotatable bonds is 8. The van der Waals surface area contributed by atoms with Crippen molar-refractivity contribution < 1.29 is 14.7 Å². The number of nitrogens with zero attached hydrogens (tertiary/aromatic N) is 4. The van der Waals surface area contributed by atoms with Gasteiger partial charge in [0.25, 0.3) is 5.91 Å². The Balaban J connectivity index is 1.56. The second kappa shape index (κ2) is 10.8. The maximum atomic E-state index is 13.5. The van der Waals surface area contributed by atoms with Gasteiger partial charge in [-0.25, -0.2) is 9.97 Å². The molecule has 2 heterocycles. The van der Waals surface area contributed by atoms with Crippen LogP contribution in [0.25, 0.3) is 0 Å². The number of benzene rings is 1. The van der Waals surface area contributed by atoms with E-state index in [1.165, 1.54) is 22.4 Å². The molecule has 176 valence electrons. The molecule has 2 aliphatic rings. The number of carbonyl (C=O) groups is 2. The molecule has 1 amide bonds. The van der Waals surface area contributed by atoms with Crippen LogP contribution in [0.1, 0.15) is 72.6 Å². The predicted octanol–water partition coefficient (Wildman–Crippen LogP) is 4.10. The van der Waals surface area contributed by atoms with Gasteiger partial charge in [0.05, 0.1) is 11.3 Å². The SMILES string of the molecule is CCCc1nc(N2CCc3ccccc3C2)ncc1C(=O)N(CC(=O)O)CC1CCCCC1. The number of fused-ring (bicyclic) bond motifs is 1. The van der Waals surface area contributed by atoms with Gasteiger partial charge in [-0.05, 0) is 42.7 Å². The Kier molecular flexibility index (Phi) is 7.57. The van der Waals surface area contributed by atoms with E-state index in [-0.39, 0.29) is 12.5 Å². The number of aliphatic carboxylic acids is 1. The van der Waals surface area contributed by atoms with Crippen LogP contribution < -0.4 is 4.90 Å². The molecule has 4 rings (SSSR count). The van der Waals surface area contributed by atoms with Crippen molar-refractivity contribution in [2.24, 2.45) is 5.92 Å². The van der Waals surface area contributed by atoms with Crippen LogP contribution >= 0.6 is 0 Å². The minimum absolute atomic E-state index is 0.262. The minimum Gasteiger partial charge on any atom is -0.480 e. The van der Waals surface area contributed by atoms with E-state index in [4.69, 9.17) is 4.98 Å². The zero-order valence-corrected chi connectivity index (χ0v) is 19.5. The zero-order valence-electron chi connectivity index (χ0n) is 19.5. The van der Waals surface area contributed by atoms with Crippen molar-refractivity contribution in [2.45, 2.75) is 64.8 Å². The van der Waals surface area contributed by atoms with E-state index in [9.17, 15) is 14.7 Å². The first kappa shape index (κ1) is 23.2. The summed E-state index contributed by atoms with van der Waals surface area (Å²) in [5.41, 5.74) is 3.80. The van der Waals surface area contributed by atoms with E-state index in [2.05, 4.69) is 41.1 Å². The monoisotopic (exact) mass is 450 g/mol. The van der Waals surface area contributed by atoms with Gasteiger partial charge in [0.15, 0.2) is 0 Å². The van der Waals surface area contributed by atoms with Gasteiger partial charge < -0.3 is 14.9 Å². The van der Waals surface area contributed by atoms with Gasteiger partial charge >= 0.3 is 5.97 Å². The molecule has 33 heavy (non-hydrogen) atoms. The van der Waals surface area contributed by atoms with Crippen LogP contribution in [-0.2, 0) is 24.2 Å². The molecule has 1 saturated carbocycles. The number of carbonyl (C=O) groups excluding carboxylic acids is 1. The number of hydrogen-bond acceptors (Lipinski definition) is 5. The lowest BCUT2D eigenvalue weighted by molar-refractivity contribution is -0.137. The lowest BCUT2D eigenvalue weighted by Crippen LogP contribution is -2.40. The molecule has 7 nitrogen and oxygen atoms in total. The number of anilines is 1. The summed E-state index contributed by atoms with van der Waals surface area (Å²) in [5, 5.41) is 9.44. The van der Waals surface area contributed by atoms with Gasteiger partial charge in [-0.1, -0.05) is 56.9 Å². The smallest absolute Gasteiger partial charge is 0.323 e. The standard InChI is InChI=1S/C26H34N4O3/c1-2-8-23-22(25(33)30(18-24(31)32)16-19-9-4-3-5-10-19)15-27-26(28-23)29-14-13-20-11-6-7-12-21(20)17-29/h6-7,11-12,15,19H,2-5,8-10,13-14,16-18H2,1H3,(H,31,32).